The molecule has 1 N–H and O–H groups in total. The molecule has 0 bridgehead atoms. The van der Waals surface area contributed by atoms with E-state index in [1.165, 1.54) is 25.5 Å². The van der Waals surface area contributed by atoms with E-state index < -0.39 is 0 Å². The van der Waals surface area contributed by atoms with Crippen LogP contribution in [0.4, 0.5) is 10.5 Å². The quantitative estimate of drug-likeness (QED) is 0.543. The number of amides is 2. The van der Waals surface area contributed by atoms with E-state index in [1.54, 1.807) is 36.1 Å². The van der Waals surface area contributed by atoms with Gasteiger partial charge in [-0.05, 0) is 50.3 Å². The number of hydrogen-bond acceptors (Lipinski definition) is 3. The van der Waals surface area contributed by atoms with Crippen molar-refractivity contribution >= 4 is 29.3 Å². The topological polar surface area (TPSA) is 58.6 Å². The van der Waals surface area contributed by atoms with Crippen molar-refractivity contribution in [1.82, 2.24) is 4.90 Å². The molecule has 2 amide bonds. The van der Waals surface area contributed by atoms with E-state index in [0.29, 0.717) is 23.8 Å². The number of allylic oxidation sites excluding steroid dienone is 1. The van der Waals surface area contributed by atoms with Gasteiger partial charge in [-0.25, -0.2) is 4.79 Å². The fourth-order valence-electron chi connectivity index (χ4n) is 3.06. The van der Waals surface area contributed by atoms with E-state index >= 15 is 0 Å². The number of nitrogens with one attached hydrogen (secondary N) is 1. The molecule has 5 nitrogen and oxygen atoms in total. The zero-order chi connectivity index (χ0) is 18.9. The van der Waals surface area contributed by atoms with Crippen molar-refractivity contribution in [3.8, 4) is 0 Å². The summed E-state index contributed by atoms with van der Waals surface area (Å²) in [5, 5.41) is 3.42. The molecular formula is C20H27ClN2O3. The maximum absolute atomic E-state index is 12.7. The van der Waals surface area contributed by atoms with Crippen LogP contribution in [0.15, 0.2) is 35.9 Å². The lowest BCUT2D eigenvalue weighted by Crippen LogP contribution is -2.40. The summed E-state index contributed by atoms with van der Waals surface area (Å²) < 4.78 is 4.79. The number of nitrogens with zero attached hydrogens (tertiary/aromatic N) is 1. The summed E-state index contributed by atoms with van der Waals surface area (Å²) in [4.78, 5) is 26.2. The van der Waals surface area contributed by atoms with E-state index in [2.05, 4.69) is 11.4 Å². The van der Waals surface area contributed by atoms with E-state index in [0.717, 1.165) is 19.3 Å². The molecule has 0 radical (unpaired) electrons. The Kier molecular flexibility index (Phi) is 7.98. The van der Waals surface area contributed by atoms with Gasteiger partial charge in [0.2, 0.25) is 0 Å². The predicted octanol–water partition coefficient (Wildman–Crippen LogP) is 4.87. The molecule has 2 rings (SSSR count). The first-order chi connectivity index (χ1) is 12.5. The minimum Gasteiger partial charge on any atom is -0.469 e. The van der Waals surface area contributed by atoms with Gasteiger partial charge in [-0.1, -0.05) is 36.2 Å². The number of esters is 1. The van der Waals surface area contributed by atoms with Gasteiger partial charge < -0.3 is 15.0 Å². The van der Waals surface area contributed by atoms with Crippen LogP contribution in [0.5, 0.6) is 0 Å². The smallest absolute Gasteiger partial charge is 0.321 e. The highest BCUT2D eigenvalue weighted by molar-refractivity contribution is 6.30. The first-order valence-corrected chi connectivity index (χ1v) is 9.44. The van der Waals surface area contributed by atoms with Crippen LogP contribution in [0.3, 0.4) is 0 Å². The molecule has 26 heavy (non-hydrogen) atoms. The highest BCUT2D eigenvalue weighted by Crippen LogP contribution is 2.21. The Hall–Kier alpha value is -2.01. The van der Waals surface area contributed by atoms with Crippen LogP contribution in [-0.4, -0.2) is 37.1 Å². The number of ether oxygens (including phenoxy) is 1. The Labute approximate surface area is 160 Å². The largest absolute Gasteiger partial charge is 0.469 e. The van der Waals surface area contributed by atoms with Crippen LogP contribution < -0.4 is 5.32 Å². The molecule has 1 atom stereocenters. The normalized spacial score (nSPS) is 15.0. The minimum atomic E-state index is -0.384. The first kappa shape index (κ1) is 20.3. The third-order valence-corrected chi connectivity index (χ3v) is 4.78. The van der Waals surface area contributed by atoms with Crippen molar-refractivity contribution in [2.45, 2.75) is 39.0 Å². The van der Waals surface area contributed by atoms with Gasteiger partial charge in [0.25, 0.3) is 0 Å². The Morgan fingerprint density at radius 1 is 1.35 bits per heavy atom. The summed E-state index contributed by atoms with van der Waals surface area (Å²) in [6.45, 7) is 2.65. The third-order valence-electron chi connectivity index (χ3n) is 4.55. The molecule has 1 unspecified atom stereocenters. The van der Waals surface area contributed by atoms with Gasteiger partial charge >= 0.3 is 12.0 Å². The van der Waals surface area contributed by atoms with Crippen LogP contribution >= 0.6 is 11.6 Å². The predicted molar refractivity (Wildman–Crippen MR) is 104 cm³/mol. The molecule has 1 aliphatic rings. The molecule has 1 aromatic rings. The van der Waals surface area contributed by atoms with Gasteiger partial charge in [0.05, 0.1) is 13.0 Å². The second kappa shape index (κ2) is 10.2. The number of methoxy groups -OCH3 is 1. The van der Waals surface area contributed by atoms with Gasteiger partial charge in [0, 0.05) is 23.8 Å². The van der Waals surface area contributed by atoms with Gasteiger partial charge in [0.15, 0.2) is 0 Å². The van der Waals surface area contributed by atoms with Crippen molar-refractivity contribution in [2.75, 3.05) is 25.5 Å². The second-order valence-electron chi connectivity index (χ2n) is 6.67. The van der Waals surface area contributed by atoms with Crippen LogP contribution in [0, 0.1) is 5.92 Å². The summed E-state index contributed by atoms with van der Waals surface area (Å²) in [5.41, 5.74) is 2.03. The number of urea groups is 1. The number of anilines is 1. The van der Waals surface area contributed by atoms with Gasteiger partial charge in [-0.2, -0.15) is 0 Å². The summed E-state index contributed by atoms with van der Waals surface area (Å²) in [6, 6.07) is 6.79. The Morgan fingerprint density at radius 3 is 2.81 bits per heavy atom. The lowest BCUT2D eigenvalue weighted by molar-refractivity contribution is -0.145. The average molecular weight is 379 g/mol. The summed E-state index contributed by atoms with van der Waals surface area (Å²) in [5.74, 6) is -0.701. The fraction of sp³-hybridized carbons (Fsp3) is 0.500. The van der Waals surface area contributed by atoms with Gasteiger partial charge in [0.1, 0.15) is 0 Å². The first-order valence-electron chi connectivity index (χ1n) is 9.07. The summed E-state index contributed by atoms with van der Waals surface area (Å²) in [7, 11) is 1.36. The monoisotopic (exact) mass is 378 g/mol. The fourth-order valence-corrected chi connectivity index (χ4v) is 3.25. The molecule has 1 aliphatic carbocycles. The van der Waals surface area contributed by atoms with Crippen molar-refractivity contribution < 1.29 is 14.3 Å². The molecule has 0 saturated carbocycles. The second-order valence-corrected chi connectivity index (χ2v) is 7.11. The number of halogens is 1. The Balaban J connectivity index is 2.03. The summed E-state index contributed by atoms with van der Waals surface area (Å²) in [6.07, 6.45) is 7.76. The van der Waals surface area contributed by atoms with Crippen LogP contribution in [0.25, 0.3) is 0 Å². The number of carbonyl (C=O) groups is 2. The number of benzene rings is 1. The molecule has 0 saturated heterocycles. The van der Waals surface area contributed by atoms with Crippen molar-refractivity contribution in [2.24, 2.45) is 5.92 Å². The standard InChI is InChI=1S/C20H27ClN2O3/c1-15(19(24)26-2)14-23(12-11-16-7-4-3-5-8-16)20(25)22-18-10-6-9-17(21)13-18/h6-7,9-10,13,15H,3-5,8,11-12,14H2,1-2H3,(H,22,25). The maximum atomic E-state index is 12.7. The van der Waals surface area contributed by atoms with Crippen LogP contribution in [-0.2, 0) is 9.53 Å². The van der Waals surface area contributed by atoms with E-state index in [9.17, 15) is 9.59 Å². The molecule has 142 valence electrons. The van der Waals surface area contributed by atoms with Crippen LogP contribution in [0.1, 0.15) is 39.0 Å². The highest BCUT2D eigenvalue weighted by Gasteiger charge is 2.22. The van der Waals surface area contributed by atoms with Gasteiger partial charge in [-0.3, -0.25) is 4.79 Å². The van der Waals surface area contributed by atoms with Crippen molar-refractivity contribution in [1.29, 1.82) is 0 Å². The molecule has 0 aromatic heterocycles. The number of hydrogen-bond donors (Lipinski definition) is 1. The SMILES string of the molecule is COC(=O)C(C)CN(CCC1=CCCCC1)C(=O)Nc1cccc(Cl)c1. The zero-order valence-electron chi connectivity index (χ0n) is 15.5. The van der Waals surface area contributed by atoms with Gasteiger partial charge in [-0.15, -0.1) is 0 Å². The lowest BCUT2D eigenvalue weighted by Gasteiger charge is -2.26. The number of rotatable bonds is 7. The number of carbonyl (C=O) groups excluding carboxylic acids is 2. The minimum absolute atomic E-state index is 0.237. The van der Waals surface area contributed by atoms with E-state index in [1.807, 2.05) is 0 Å². The highest BCUT2D eigenvalue weighted by atomic mass is 35.5. The zero-order valence-corrected chi connectivity index (χ0v) is 16.2. The third kappa shape index (κ3) is 6.37. The maximum Gasteiger partial charge on any atom is 0.321 e. The lowest BCUT2D eigenvalue weighted by atomic mass is 9.97. The molecular weight excluding hydrogens is 352 g/mol. The molecule has 0 heterocycles. The molecule has 0 fully saturated rings. The van der Waals surface area contributed by atoms with E-state index in [4.69, 9.17) is 16.3 Å². The molecule has 0 aliphatic heterocycles. The Morgan fingerprint density at radius 2 is 2.15 bits per heavy atom. The molecule has 6 heteroatoms. The van der Waals surface area contributed by atoms with E-state index in [-0.39, 0.29) is 17.9 Å². The Bertz CT molecular complexity index is 660. The molecule has 0 spiro atoms. The average Bonchev–Trinajstić information content (AvgIpc) is 2.65. The molecule has 1 aromatic carbocycles. The summed E-state index contributed by atoms with van der Waals surface area (Å²) >= 11 is 5.98. The van der Waals surface area contributed by atoms with Crippen LogP contribution in [0.2, 0.25) is 5.02 Å². The van der Waals surface area contributed by atoms with Crippen molar-refractivity contribution in [3.63, 3.8) is 0 Å². The van der Waals surface area contributed by atoms with Crippen molar-refractivity contribution in [3.05, 3.63) is 40.9 Å².